The topological polar surface area (TPSA) is 86.3 Å². The summed E-state index contributed by atoms with van der Waals surface area (Å²) in [4.78, 5) is 18.1. The van der Waals surface area contributed by atoms with Crippen molar-refractivity contribution < 1.29 is 22.4 Å². The van der Waals surface area contributed by atoms with Gasteiger partial charge >= 0.3 is 6.18 Å². The molecule has 1 saturated heterocycles. The molecule has 0 saturated carbocycles. The summed E-state index contributed by atoms with van der Waals surface area (Å²) in [7, 11) is 0. The third-order valence-corrected chi connectivity index (χ3v) is 5.77. The molecule has 34 heavy (non-hydrogen) atoms. The lowest BCUT2D eigenvalue weighted by molar-refractivity contribution is -0.137. The number of pyridine rings is 1. The normalized spacial score (nSPS) is 15.1. The first-order valence-corrected chi connectivity index (χ1v) is 10.7. The molecule has 0 spiro atoms. The Labute approximate surface area is 196 Å². The van der Waals surface area contributed by atoms with Crippen LogP contribution in [0.5, 0.6) is 0 Å². The van der Waals surface area contributed by atoms with Crippen molar-refractivity contribution in [2.75, 3.05) is 18.0 Å². The zero-order valence-corrected chi connectivity index (χ0v) is 18.4. The fourth-order valence-electron chi connectivity index (χ4n) is 3.67. The number of nitrogens with zero attached hydrogens (tertiary/aromatic N) is 4. The first-order valence-electron chi connectivity index (χ1n) is 10.3. The molecule has 2 N–H and O–H groups in total. The monoisotopic (exact) mass is 494 g/mol. The van der Waals surface area contributed by atoms with Crippen LogP contribution in [0.25, 0.3) is 11.3 Å². The number of hydrogen-bond acceptors (Lipinski definition) is 5. The standard InChI is InChI=1S/C22H19ClF4N6O/c23-18-9-16(22(25,26)27)12-28-20(18)33-7-5-14(6-8-33)21(34)32-30-11-15-10-29-31-19(15)13-1-3-17(24)4-2-13/h1-4,9-12,14H,5-8H2,(H,29,31)(H,32,34)/b30-11+. The van der Waals surface area contributed by atoms with Crippen LogP contribution in [0.3, 0.4) is 0 Å². The molecular weight excluding hydrogens is 476 g/mol. The lowest BCUT2D eigenvalue weighted by Crippen LogP contribution is -2.39. The second kappa shape index (κ2) is 9.80. The van der Waals surface area contributed by atoms with Crippen LogP contribution in [0.4, 0.5) is 23.4 Å². The van der Waals surface area contributed by atoms with Gasteiger partial charge in [-0.05, 0) is 43.2 Å². The zero-order chi connectivity index (χ0) is 24.3. The Bertz CT molecular complexity index is 1190. The third-order valence-electron chi connectivity index (χ3n) is 5.49. The molecule has 1 aliphatic rings. The molecule has 178 valence electrons. The molecule has 1 fully saturated rings. The van der Waals surface area contributed by atoms with Crippen molar-refractivity contribution in [3.8, 4) is 11.3 Å². The number of benzene rings is 1. The second-order valence-corrected chi connectivity index (χ2v) is 8.14. The average molecular weight is 495 g/mol. The third kappa shape index (κ3) is 5.36. The molecule has 1 aliphatic heterocycles. The molecular formula is C22H19ClF4N6O. The molecule has 7 nitrogen and oxygen atoms in total. The number of aromatic amines is 1. The van der Waals surface area contributed by atoms with Gasteiger partial charge in [-0.3, -0.25) is 9.89 Å². The molecule has 3 aromatic rings. The summed E-state index contributed by atoms with van der Waals surface area (Å²) in [6.45, 7) is 0.826. The van der Waals surface area contributed by atoms with Crippen molar-refractivity contribution in [3.05, 3.63) is 64.7 Å². The molecule has 1 aromatic carbocycles. The van der Waals surface area contributed by atoms with Crippen LogP contribution in [0.2, 0.25) is 5.02 Å². The van der Waals surface area contributed by atoms with Crippen molar-refractivity contribution >= 4 is 29.5 Å². The summed E-state index contributed by atoms with van der Waals surface area (Å²) >= 11 is 6.02. The van der Waals surface area contributed by atoms with Gasteiger partial charge in [0.05, 0.1) is 28.7 Å². The van der Waals surface area contributed by atoms with Crippen LogP contribution in [0.15, 0.2) is 47.8 Å². The maximum Gasteiger partial charge on any atom is 0.417 e. The Hall–Kier alpha value is -3.47. The van der Waals surface area contributed by atoms with E-state index in [0.717, 1.165) is 17.8 Å². The highest BCUT2D eigenvalue weighted by Gasteiger charge is 2.33. The molecule has 0 unspecified atom stereocenters. The highest BCUT2D eigenvalue weighted by atomic mass is 35.5. The SMILES string of the molecule is O=C(N/N=C/c1cn[nH]c1-c1ccc(F)cc1)C1CCN(c2ncc(C(F)(F)F)cc2Cl)CC1. The highest BCUT2D eigenvalue weighted by molar-refractivity contribution is 6.33. The number of hydrogen-bond donors (Lipinski definition) is 2. The molecule has 2 aromatic heterocycles. The molecule has 0 bridgehead atoms. The molecule has 3 heterocycles. The van der Waals surface area contributed by atoms with Crippen LogP contribution in [0, 0.1) is 11.7 Å². The largest absolute Gasteiger partial charge is 0.417 e. The minimum Gasteiger partial charge on any atom is -0.355 e. The number of piperidine rings is 1. The van der Waals surface area contributed by atoms with Gasteiger partial charge in [-0.15, -0.1) is 0 Å². The van der Waals surface area contributed by atoms with Gasteiger partial charge in [0, 0.05) is 36.3 Å². The van der Waals surface area contributed by atoms with Crippen LogP contribution in [-0.4, -0.2) is 40.4 Å². The quantitative estimate of drug-likeness (QED) is 0.307. The first-order chi connectivity index (χ1) is 16.2. The minimum atomic E-state index is -4.52. The minimum absolute atomic E-state index is 0.0839. The van der Waals surface area contributed by atoms with Gasteiger partial charge in [-0.1, -0.05) is 11.6 Å². The summed E-state index contributed by atoms with van der Waals surface area (Å²) < 4.78 is 51.6. The summed E-state index contributed by atoms with van der Waals surface area (Å²) in [5, 5.41) is 10.7. The zero-order valence-electron chi connectivity index (χ0n) is 17.6. The van der Waals surface area contributed by atoms with Crippen LogP contribution in [0.1, 0.15) is 24.0 Å². The summed E-state index contributed by atoms with van der Waals surface area (Å²) in [5.74, 6) is -0.676. The van der Waals surface area contributed by atoms with E-state index >= 15 is 0 Å². The van der Waals surface area contributed by atoms with Crippen molar-refractivity contribution in [1.82, 2.24) is 20.6 Å². The number of carbonyl (C=O) groups is 1. The second-order valence-electron chi connectivity index (χ2n) is 7.73. The van der Waals surface area contributed by atoms with Gasteiger partial charge in [0.15, 0.2) is 0 Å². The van der Waals surface area contributed by atoms with E-state index in [0.29, 0.717) is 37.2 Å². The summed E-state index contributed by atoms with van der Waals surface area (Å²) in [5.41, 5.74) is 3.57. The van der Waals surface area contributed by atoms with E-state index in [9.17, 15) is 22.4 Å². The molecule has 0 radical (unpaired) electrons. The number of nitrogens with one attached hydrogen (secondary N) is 2. The Kier molecular flexibility index (Phi) is 6.82. The Balaban J connectivity index is 1.32. The van der Waals surface area contributed by atoms with E-state index in [1.807, 2.05) is 0 Å². The highest BCUT2D eigenvalue weighted by Crippen LogP contribution is 2.34. The fourth-order valence-corrected chi connectivity index (χ4v) is 3.96. The number of anilines is 1. The van der Waals surface area contributed by atoms with E-state index in [-0.39, 0.29) is 28.5 Å². The van der Waals surface area contributed by atoms with Gasteiger partial charge in [0.25, 0.3) is 0 Å². The van der Waals surface area contributed by atoms with Crippen LogP contribution >= 0.6 is 11.6 Å². The average Bonchev–Trinajstić information content (AvgIpc) is 3.27. The molecule has 0 atom stereocenters. The van der Waals surface area contributed by atoms with Gasteiger partial charge in [0.1, 0.15) is 11.6 Å². The van der Waals surface area contributed by atoms with E-state index in [4.69, 9.17) is 11.6 Å². The van der Waals surface area contributed by atoms with Crippen molar-refractivity contribution in [2.45, 2.75) is 19.0 Å². The van der Waals surface area contributed by atoms with Crippen molar-refractivity contribution in [3.63, 3.8) is 0 Å². The predicted molar refractivity (Wildman–Crippen MR) is 119 cm³/mol. The van der Waals surface area contributed by atoms with Gasteiger partial charge < -0.3 is 4.90 Å². The summed E-state index contributed by atoms with van der Waals surface area (Å²) in [6.07, 6.45) is 0.149. The number of rotatable bonds is 5. The number of H-pyrrole nitrogens is 1. The van der Waals surface area contributed by atoms with E-state index in [1.165, 1.54) is 24.5 Å². The van der Waals surface area contributed by atoms with Crippen molar-refractivity contribution in [2.24, 2.45) is 11.0 Å². The molecule has 4 rings (SSSR count). The van der Waals surface area contributed by atoms with Gasteiger partial charge in [-0.2, -0.15) is 23.4 Å². The molecule has 12 heteroatoms. The van der Waals surface area contributed by atoms with Crippen molar-refractivity contribution in [1.29, 1.82) is 0 Å². The Morgan fingerprint density at radius 1 is 1.21 bits per heavy atom. The number of amides is 1. The smallest absolute Gasteiger partial charge is 0.355 e. The number of carbonyl (C=O) groups excluding carboxylic acids is 1. The van der Waals surface area contributed by atoms with Crippen LogP contribution in [-0.2, 0) is 11.0 Å². The maximum absolute atomic E-state index is 13.1. The number of hydrazone groups is 1. The lowest BCUT2D eigenvalue weighted by atomic mass is 9.96. The van der Waals surface area contributed by atoms with Gasteiger partial charge in [0.2, 0.25) is 5.91 Å². The fraction of sp³-hybridized carbons (Fsp3) is 0.273. The van der Waals surface area contributed by atoms with E-state index in [2.05, 4.69) is 25.7 Å². The van der Waals surface area contributed by atoms with Crippen LogP contribution < -0.4 is 10.3 Å². The number of alkyl halides is 3. The number of aromatic nitrogens is 3. The van der Waals surface area contributed by atoms with E-state index < -0.39 is 11.7 Å². The predicted octanol–water partition coefficient (Wildman–Crippen LogP) is 4.65. The molecule has 1 amide bonds. The summed E-state index contributed by atoms with van der Waals surface area (Å²) in [6, 6.07) is 6.72. The Morgan fingerprint density at radius 2 is 1.91 bits per heavy atom. The molecule has 0 aliphatic carbocycles. The van der Waals surface area contributed by atoms with E-state index in [1.54, 1.807) is 17.0 Å². The van der Waals surface area contributed by atoms with Gasteiger partial charge in [-0.25, -0.2) is 14.8 Å². The maximum atomic E-state index is 13.1. The lowest BCUT2D eigenvalue weighted by Gasteiger charge is -2.32. The first kappa shape index (κ1) is 23.7. The Morgan fingerprint density at radius 3 is 2.56 bits per heavy atom. The number of halogens is 5.